The maximum atomic E-state index is 9.72. The van der Waals surface area contributed by atoms with Crippen LogP contribution >= 0.6 is 0 Å². The molecule has 0 spiro atoms. The second-order valence-electron chi connectivity index (χ2n) is 5.33. The molecular formula is C12H26N2O. The molecule has 90 valence electrons. The molecule has 0 bridgehead atoms. The third kappa shape index (κ3) is 4.96. The molecule has 0 unspecified atom stereocenters. The topological polar surface area (TPSA) is 49.5 Å². The number of hydrogen-bond acceptors (Lipinski definition) is 3. The van der Waals surface area contributed by atoms with Crippen LogP contribution in [0.15, 0.2) is 0 Å². The molecule has 15 heavy (non-hydrogen) atoms. The molecule has 1 aliphatic rings. The summed E-state index contributed by atoms with van der Waals surface area (Å²) in [6, 6.07) is 0.718. The highest BCUT2D eigenvalue weighted by atomic mass is 16.3. The molecule has 0 heterocycles. The van der Waals surface area contributed by atoms with E-state index in [1.54, 1.807) is 0 Å². The van der Waals surface area contributed by atoms with Crippen LogP contribution in [0.1, 0.15) is 46.0 Å². The lowest BCUT2D eigenvalue weighted by Gasteiger charge is -2.30. The van der Waals surface area contributed by atoms with E-state index >= 15 is 0 Å². The van der Waals surface area contributed by atoms with Crippen molar-refractivity contribution in [3.63, 3.8) is 0 Å². The third-order valence-electron chi connectivity index (χ3n) is 3.27. The minimum Gasteiger partial charge on any atom is -0.390 e. The van der Waals surface area contributed by atoms with Crippen molar-refractivity contribution in [1.82, 2.24) is 4.90 Å². The summed E-state index contributed by atoms with van der Waals surface area (Å²) in [5.41, 5.74) is 5.08. The minimum absolute atomic E-state index is 0.550. The summed E-state index contributed by atoms with van der Waals surface area (Å²) in [5, 5.41) is 9.72. The van der Waals surface area contributed by atoms with Crippen molar-refractivity contribution in [2.24, 2.45) is 5.73 Å². The minimum atomic E-state index is -0.550. The second kappa shape index (κ2) is 5.83. The molecule has 3 nitrogen and oxygen atoms in total. The molecule has 3 heteroatoms. The van der Waals surface area contributed by atoms with Crippen LogP contribution in [0.3, 0.4) is 0 Å². The van der Waals surface area contributed by atoms with Crippen LogP contribution in [0.2, 0.25) is 0 Å². The Morgan fingerprint density at radius 3 is 2.33 bits per heavy atom. The average Bonchev–Trinajstić information content (AvgIpc) is 2.63. The van der Waals surface area contributed by atoms with Crippen LogP contribution in [0.25, 0.3) is 0 Å². The van der Waals surface area contributed by atoms with Gasteiger partial charge in [0.25, 0.3) is 0 Å². The molecule has 1 saturated carbocycles. The molecule has 0 aromatic heterocycles. The third-order valence-corrected chi connectivity index (χ3v) is 3.27. The number of rotatable bonds is 6. The van der Waals surface area contributed by atoms with Gasteiger partial charge in [-0.2, -0.15) is 0 Å². The molecule has 0 amide bonds. The zero-order valence-corrected chi connectivity index (χ0v) is 10.2. The highest BCUT2D eigenvalue weighted by Gasteiger charge is 2.23. The fourth-order valence-corrected chi connectivity index (χ4v) is 2.33. The number of nitrogens with zero attached hydrogens (tertiary/aromatic N) is 1. The van der Waals surface area contributed by atoms with Crippen molar-refractivity contribution in [3.8, 4) is 0 Å². The van der Waals surface area contributed by atoms with Gasteiger partial charge in [-0.3, -0.25) is 4.90 Å². The molecule has 0 radical (unpaired) electrons. The lowest BCUT2D eigenvalue weighted by molar-refractivity contribution is 0.0516. The van der Waals surface area contributed by atoms with Gasteiger partial charge in [-0.1, -0.05) is 12.8 Å². The summed E-state index contributed by atoms with van der Waals surface area (Å²) in [6.07, 6.45) is 6.17. The van der Waals surface area contributed by atoms with Gasteiger partial charge in [0.15, 0.2) is 0 Å². The summed E-state index contributed by atoms with van der Waals surface area (Å²) in [6.45, 7) is 6.43. The summed E-state index contributed by atoms with van der Waals surface area (Å²) in [5.74, 6) is 0. The Morgan fingerprint density at radius 1 is 1.27 bits per heavy atom. The summed E-state index contributed by atoms with van der Waals surface area (Å²) in [4.78, 5) is 2.46. The predicted molar refractivity (Wildman–Crippen MR) is 63.8 cm³/mol. The Balaban J connectivity index is 2.35. The van der Waals surface area contributed by atoms with Crippen LogP contribution in [0.4, 0.5) is 0 Å². The van der Waals surface area contributed by atoms with E-state index in [1.165, 1.54) is 25.7 Å². The van der Waals surface area contributed by atoms with Crippen LogP contribution in [0, 0.1) is 0 Å². The van der Waals surface area contributed by atoms with Crippen LogP contribution < -0.4 is 5.73 Å². The second-order valence-corrected chi connectivity index (χ2v) is 5.33. The SMILES string of the molecule is CC(C)(O)CCN(CCN)C1CCCC1. The molecule has 0 saturated heterocycles. The first-order valence-corrected chi connectivity index (χ1v) is 6.19. The zero-order chi connectivity index (χ0) is 11.3. The van der Waals surface area contributed by atoms with Crippen LogP contribution in [-0.2, 0) is 0 Å². The fraction of sp³-hybridized carbons (Fsp3) is 1.00. The monoisotopic (exact) mass is 214 g/mol. The standard InChI is InChI=1S/C12H26N2O/c1-12(2,15)7-9-14(10-8-13)11-5-3-4-6-11/h11,15H,3-10,13H2,1-2H3. The molecule has 1 rings (SSSR count). The summed E-state index contributed by atoms with van der Waals surface area (Å²) < 4.78 is 0. The molecule has 0 aromatic carbocycles. The molecular weight excluding hydrogens is 188 g/mol. The van der Waals surface area contributed by atoms with Gasteiger partial charge in [0.05, 0.1) is 5.60 Å². The van der Waals surface area contributed by atoms with Gasteiger partial charge in [-0.15, -0.1) is 0 Å². The summed E-state index contributed by atoms with van der Waals surface area (Å²) >= 11 is 0. The number of nitrogens with two attached hydrogens (primary N) is 1. The first-order chi connectivity index (χ1) is 7.03. The van der Waals surface area contributed by atoms with Crippen LogP contribution in [0.5, 0.6) is 0 Å². The Kier molecular flexibility index (Phi) is 5.03. The van der Waals surface area contributed by atoms with E-state index in [0.29, 0.717) is 0 Å². The van der Waals surface area contributed by atoms with Gasteiger partial charge in [-0.05, 0) is 33.1 Å². The predicted octanol–water partition coefficient (Wildman–Crippen LogP) is 1.35. The molecule has 3 N–H and O–H groups in total. The lowest BCUT2D eigenvalue weighted by atomic mass is 10.0. The highest BCUT2D eigenvalue weighted by molar-refractivity contribution is 4.79. The molecule has 0 atom stereocenters. The van der Waals surface area contributed by atoms with Gasteiger partial charge in [0, 0.05) is 25.7 Å². The molecule has 0 aromatic rings. The smallest absolute Gasteiger partial charge is 0.0603 e. The van der Waals surface area contributed by atoms with Gasteiger partial charge in [-0.25, -0.2) is 0 Å². The van der Waals surface area contributed by atoms with E-state index in [4.69, 9.17) is 5.73 Å². The van der Waals surface area contributed by atoms with E-state index < -0.39 is 5.60 Å². The Bertz CT molecular complexity index is 171. The maximum absolute atomic E-state index is 9.72. The van der Waals surface area contributed by atoms with Crippen LogP contribution in [-0.4, -0.2) is 41.3 Å². The largest absolute Gasteiger partial charge is 0.390 e. The molecule has 1 aliphatic carbocycles. The number of aliphatic hydroxyl groups is 1. The van der Waals surface area contributed by atoms with Gasteiger partial charge < -0.3 is 10.8 Å². The summed E-state index contributed by atoms with van der Waals surface area (Å²) in [7, 11) is 0. The normalized spacial score (nSPS) is 19.0. The first-order valence-electron chi connectivity index (χ1n) is 6.19. The van der Waals surface area contributed by atoms with Crippen molar-refractivity contribution >= 4 is 0 Å². The maximum Gasteiger partial charge on any atom is 0.0603 e. The lowest BCUT2D eigenvalue weighted by Crippen LogP contribution is -2.40. The molecule has 0 aliphatic heterocycles. The quantitative estimate of drug-likeness (QED) is 0.702. The average molecular weight is 214 g/mol. The zero-order valence-electron chi connectivity index (χ0n) is 10.2. The fourth-order valence-electron chi connectivity index (χ4n) is 2.33. The van der Waals surface area contributed by atoms with E-state index in [0.717, 1.165) is 32.1 Å². The first kappa shape index (κ1) is 12.9. The van der Waals surface area contributed by atoms with Crippen molar-refractivity contribution in [1.29, 1.82) is 0 Å². The van der Waals surface area contributed by atoms with Crippen molar-refractivity contribution in [3.05, 3.63) is 0 Å². The van der Waals surface area contributed by atoms with Crippen molar-refractivity contribution in [2.45, 2.75) is 57.6 Å². The van der Waals surface area contributed by atoms with E-state index in [2.05, 4.69) is 4.90 Å². The van der Waals surface area contributed by atoms with Crippen molar-refractivity contribution < 1.29 is 5.11 Å². The van der Waals surface area contributed by atoms with E-state index in [9.17, 15) is 5.11 Å². The van der Waals surface area contributed by atoms with Gasteiger partial charge >= 0.3 is 0 Å². The number of hydrogen-bond donors (Lipinski definition) is 2. The van der Waals surface area contributed by atoms with Gasteiger partial charge in [0.2, 0.25) is 0 Å². The molecule has 1 fully saturated rings. The van der Waals surface area contributed by atoms with E-state index in [-0.39, 0.29) is 0 Å². The Labute approximate surface area is 93.6 Å². The Hall–Kier alpha value is -0.120. The highest BCUT2D eigenvalue weighted by Crippen LogP contribution is 2.24. The van der Waals surface area contributed by atoms with Gasteiger partial charge in [0.1, 0.15) is 0 Å². The van der Waals surface area contributed by atoms with E-state index in [1.807, 2.05) is 13.8 Å². The van der Waals surface area contributed by atoms with Crippen molar-refractivity contribution in [2.75, 3.05) is 19.6 Å². The Morgan fingerprint density at radius 2 is 1.87 bits per heavy atom.